The second-order valence-electron chi connectivity index (χ2n) is 5.13. The van der Waals surface area contributed by atoms with E-state index in [0.29, 0.717) is 0 Å². The highest BCUT2D eigenvalue weighted by atomic mass is 14.7. The first-order valence-electron chi connectivity index (χ1n) is 6.27. The highest BCUT2D eigenvalue weighted by Crippen LogP contribution is 2.49. The first-order chi connectivity index (χ1) is 8.25. The van der Waals surface area contributed by atoms with Gasteiger partial charge in [0.05, 0.1) is 5.69 Å². The molecule has 1 heteroatoms. The molecule has 1 aliphatic rings. The lowest BCUT2D eigenvalue weighted by Gasteiger charge is -2.09. The molecule has 1 aliphatic carbocycles. The van der Waals surface area contributed by atoms with Gasteiger partial charge in [-0.05, 0) is 48.9 Å². The predicted molar refractivity (Wildman–Crippen MR) is 70.9 cm³/mol. The summed E-state index contributed by atoms with van der Waals surface area (Å²) in [7, 11) is 0. The Morgan fingerprint density at radius 2 is 2.00 bits per heavy atom. The van der Waals surface area contributed by atoms with Crippen molar-refractivity contribution in [2.75, 3.05) is 0 Å². The number of rotatable bonds is 2. The third-order valence-electron chi connectivity index (χ3n) is 3.66. The fourth-order valence-electron chi connectivity index (χ4n) is 2.49. The van der Waals surface area contributed by atoms with Crippen molar-refractivity contribution in [3.8, 4) is 11.3 Å². The third-order valence-corrected chi connectivity index (χ3v) is 3.66. The van der Waals surface area contributed by atoms with Gasteiger partial charge in [-0.1, -0.05) is 30.7 Å². The molecule has 1 aromatic heterocycles. The molecule has 1 heterocycles. The summed E-state index contributed by atoms with van der Waals surface area (Å²) < 4.78 is 0. The zero-order chi connectivity index (χ0) is 11.8. The van der Waals surface area contributed by atoms with Crippen LogP contribution in [-0.4, -0.2) is 4.98 Å². The zero-order valence-electron chi connectivity index (χ0n) is 10.4. The van der Waals surface area contributed by atoms with Crippen molar-refractivity contribution in [2.24, 2.45) is 5.92 Å². The van der Waals surface area contributed by atoms with E-state index in [1.54, 1.807) is 0 Å². The van der Waals surface area contributed by atoms with Crippen LogP contribution in [0.15, 0.2) is 42.6 Å². The summed E-state index contributed by atoms with van der Waals surface area (Å²) in [4.78, 5) is 4.49. The van der Waals surface area contributed by atoms with E-state index in [2.05, 4.69) is 49.2 Å². The molecule has 17 heavy (non-hydrogen) atoms. The summed E-state index contributed by atoms with van der Waals surface area (Å²) in [6.07, 6.45) is 3.20. The Kier molecular flexibility index (Phi) is 2.47. The molecule has 0 aliphatic heterocycles. The highest BCUT2D eigenvalue weighted by Gasteiger charge is 2.35. The molecule has 0 saturated heterocycles. The summed E-state index contributed by atoms with van der Waals surface area (Å²) >= 11 is 0. The Hall–Kier alpha value is -1.63. The van der Waals surface area contributed by atoms with Crippen molar-refractivity contribution >= 4 is 0 Å². The molecule has 1 aromatic carbocycles. The van der Waals surface area contributed by atoms with Gasteiger partial charge >= 0.3 is 0 Å². The van der Waals surface area contributed by atoms with E-state index in [9.17, 15) is 0 Å². The molecule has 0 bridgehead atoms. The lowest BCUT2D eigenvalue weighted by atomic mass is 9.97. The fourth-order valence-corrected chi connectivity index (χ4v) is 2.49. The second-order valence-corrected chi connectivity index (χ2v) is 5.13. The average molecular weight is 223 g/mol. The van der Waals surface area contributed by atoms with Crippen LogP contribution in [-0.2, 0) is 0 Å². The first-order valence-corrected chi connectivity index (χ1v) is 6.27. The molecular weight excluding hydrogens is 206 g/mol. The van der Waals surface area contributed by atoms with Gasteiger partial charge in [0.2, 0.25) is 0 Å². The summed E-state index contributed by atoms with van der Waals surface area (Å²) in [5.74, 6) is 1.58. The molecule has 0 radical (unpaired) electrons. The number of aryl methyl sites for hydroxylation is 1. The van der Waals surface area contributed by atoms with Crippen LogP contribution in [0.1, 0.15) is 30.4 Å². The van der Waals surface area contributed by atoms with Crippen molar-refractivity contribution in [1.82, 2.24) is 4.98 Å². The van der Waals surface area contributed by atoms with Gasteiger partial charge in [-0.2, -0.15) is 0 Å². The Labute approximate surface area is 103 Å². The van der Waals surface area contributed by atoms with Crippen LogP contribution in [0.4, 0.5) is 0 Å². The molecule has 2 aromatic rings. The maximum absolute atomic E-state index is 4.49. The van der Waals surface area contributed by atoms with E-state index in [1.165, 1.54) is 23.1 Å². The van der Waals surface area contributed by atoms with Gasteiger partial charge in [-0.15, -0.1) is 0 Å². The molecule has 0 spiro atoms. The van der Waals surface area contributed by atoms with E-state index >= 15 is 0 Å². The van der Waals surface area contributed by atoms with Crippen molar-refractivity contribution in [3.63, 3.8) is 0 Å². The SMILES string of the molecule is Cc1ccc([C@H]2CC2C)c(-c2ccccn2)c1. The molecule has 1 unspecified atom stereocenters. The van der Waals surface area contributed by atoms with Crippen LogP contribution < -0.4 is 0 Å². The molecule has 3 rings (SSSR count). The summed E-state index contributed by atoms with van der Waals surface area (Å²) in [5.41, 5.74) is 5.20. The maximum atomic E-state index is 4.49. The Morgan fingerprint density at radius 3 is 2.65 bits per heavy atom. The van der Waals surface area contributed by atoms with Gasteiger partial charge in [0, 0.05) is 11.8 Å². The Morgan fingerprint density at radius 1 is 1.18 bits per heavy atom. The minimum atomic E-state index is 0.743. The van der Waals surface area contributed by atoms with Gasteiger partial charge in [0.15, 0.2) is 0 Å². The van der Waals surface area contributed by atoms with Crippen LogP contribution in [0.25, 0.3) is 11.3 Å². The number of hydrogen-bond donors (Lipinski definition) is 0. The molecule has 1 saturated carbocycles. The van der Waals surface area contributed by atoms with Gasteiger partial charge in [0.25, 0.3) is 0 Å². The minimum absolute atomic E-state index is 0.743. The number of aromatic nitrogens is 1. The molecule has 0 amide bonds. The number of pyridine rings is 1. The third kappa shape index (κ3) is 1.97. The van der Waals surface area contributed by atoms with Crippen LogP contribution in [0.5, 0.6) is 0 Å². The smallest absolute Gasteiger partial charge is 0.0704 e. The lowest BCUT2D eigenvalue weighted by molar-refractivity contribution is 0.914. The summed E-state index contributed by atoms with van der Waals surface area (Å²) in [6.45, 7) is 4.47. The van der Waals surface area contributed by atoms with Gasteiger partial charge in [-0.25, -0.2) is 0 Å². The minimum Gasteiger partial charge on any atom is -0.256 e. The van der Waals surface area contributed by atoms with Crippen molar-refractivity contribution < 1.29 is 0 Å². The lowest BCUT2D eigenvalue weighted by Crippen LogP contribution is -1.91. The normalized spacial score (nSPS) is 22.5. The largest absolute Gasteiger partial charge is 0.256 e. The van der Waals surface area contributed by atoms with Gasteiger partial charge in [-0.3, -0.25) is 4.98 Å². The van der Waals surface area contributed by atoms with Gasteiger partial charge in [0.1, 0.15) is 0 Å². The Balaban J connectivity index is 2.11. The summed E-state index contributed by atoms with van der Waals surface area (Å²) in [6, 6.07) is 12.9. The maximum Gasteiger partial charge on any atom is 0.0704 e. The monoisotopic (exact) mass is 223 g/mol. The fraction of sp³-hybridized carbons (Fsp3) is 0.312. The number of nitrogens with zero attached hydrogens (tertiary/aromatic N) is 1. The van der Waals surface area contributed by atoms with Gasteiger partial charge < -0.3 is 0 Å². The van der Waals surface area contributed by atoms with Crippen molar-refractivity contribution in [1.29, 1.82) is 0 Å². The highest BCUT2D eigenvalue weighted by molar-refractivity contribution is 5.66. The number of benzene rings is 1. The quantitative estimate of drug-likeness (QED) is 0.744. The molecular formula is C16H17N. The van der Waals surface area contributed by atoms with Crippen LogP contribution in [0.2, 0.25) is 0 Å². The van der Waals surface area contributed by atoms with Crippen LogP contribution in [0, 0.1) is 12.8 Å². The zero-order valence-corrected chi connectivity index (χ0v) is 10.4. The van der Waals surface area contributed by atoms with Crippen molar-refractivity contribution in [3.05, 3.63) is 53.7 Å². The molecule has 0 N–H and O–H groups in total. The second kappa shape index (κ2) is 3.99. The van der Waals surface area contributed by atoms with Crippen molar-refractivity contribution in [2.45, 2.75) is 26.2 Å². The molecule has 86 valence electrons. The standard InChI is InChI=1S/C16H17N/c1-11-6-7-13(14-10-12(14)2)15(9-11)16-5-3-4-8-17-16/h3-9,12,14H,10H2,1-2H3/t12?,14-/m0/s1. The predicted octanol–water partition coefficient (Wildman–Crippen LogP) is 4.18. The van der Waals surface area contributed by atoms with Crippen LogP contribution in [0.3, 0.4) is 0 Å². The van der Waals surface area contributed by atoms with E-state index < -0.39 is 0 Å². The van der Waals surface area contributed by atoms with E-state index in [0.717, 1.165) is 17.5 Å². The Bertz CT molecular complexity index is 530. The van der Waals surface area contributed by atoms with Crippen LogP contribution >= 0.6 is 0 Å². The topological polar surface area (TPSA) is 12.9 Å². The van der Waals surface area contributed by atoms with E-state index in [1.807, 2.05) is 12.3 Å². The summed E-state index contributed by atoms with van der Waals surface area (Å²) in [5, 5.41) is 0. The average Bonchev–Trinajstić information content (AvgIpc) is 3.07. The molecule has 2 atom stereocenters. The number of hydrogen-bond acceptors (Lipinski definition) is 1. The molecule has 1 nitrogen and oxygen atoms in total. The van der Waals surface area contributed by atoms with E-state index in [-0.39, 0.29) is 0 Å². The van der Waals surface area contributed by atoms with E-state index in [4.69, 9.17) is 0 Å². The first kappa shape index (κ1) is 10.5. The molecule has 1 fully saturated rings.